The maximum absolute atomic E-state index is 10.9. The first-order valence-electron chi connectivity index (χ1n) is 3.94. The number of carbonyl (C=O) groups excluding carboxylic acids is 1. The molecular weight excluding hydrogens is 192 g/mol. The zero-order valence-electron chi connectivity index (χ0n) is 7.66. The van der Waals surface area contributed by atoms with Crippen molar-refractivity contribution in [2.24, 2.45) is 0 Å². The van der Waals surface area contributed by atoms with Crippen molar-refractivity contribution in [3.05, 3.63) is 0 Å². The number of carboxylic acid groups (broad SMARTS) is 1. The summed E-state index contributed by atoms with van der Waals surface area (Å²) < 4.78 is 0. The Hall–Kier alpha value is -0.910. The first-order chi connectivity index (χ1) is 6.06. The fraction of sp³-hybridized carbons (Fsp3) is 0.714. The molecule has 0 heterocycles. The van der Waals surface area contributed by atoms with Crippen LogP contribution in [0.4, 0.5) is 4.79 Å². The Morgan fingerprint density at radius 1 is 1.54 bits per heavy atom. The van der Waals surface area contributed by atoms with Gasteiger partial charge in [-0.3, -0.25) is 4.79 Å². The lowest BCUT2D eigenvalue weighted by Gasteiger charge is -2.12. The topological polar surface area (TPSA) is 78.4 Å². The molecule has 5 nitrogen and oxygen atoms in total. The van der Waals surface area contributed by atoms with Gasteiger partial charge in [-0.2, -0.15) is 0 Å². The average molecular weight is 206 g/mol. The van der Waals surface area contributed by atoms with E-state index in [-0.39, 0.29) is 17.2 Å². The molecule has 3 N–H and O–H groups in total. The number of hydrogen-bond donors (Lipinski definition) is 3. The number of urea groups is 1. The van der Waals surface area contributed by atoms with E-state index >= 15 is 0 Å². The second-order valence-electron chi connectivity index (χ2n) is 2.35. The Morgan fingerprint density at radius 3 is 2.62 bits per heavy atom. The summed E-state index contributed by atoms with van der Waals surface area (Å²) in [5, 5.41) is 13.3. The van der Waals surface area contributed by atoms with Crippen LogP contribution in [-0.4, -0.2) is 34.8 Å². The highest BCUT2D eigenvalue weighted by atomic mass is 32.2. The minimum Gasteiger partial charge on any atom is -0.481 e. The van der Waals surface area contributed by atoms with Crippen LogP contribution in [0.2, 0.25) is 0 Å². The van der Waals surface area contributed by atoms with E-state index < -0.39 is 5.97 Å². The zero-order valence-corrected chi connectivity index (χ0v) is 8.48. The number of thioether (sulfide) groups is 1. The maximum atomic E-state index is 10.9. The molecule has 0 saturated carbocycles. The molecule has 6 heteroatoms. The van der Waals surface area contributed by atoms with E-state index in [4.69, 9.17) is 5.11 Å². The molecule has 0 spiro atoms. The van der Waals surface area contributed by atoms with Gasteiger partial charge in [0, 0.05) is 6.54 Å². The third-order valence-electron chi connectivity index (χ3n) is 1.13. The van der Waals surface area contributed by atoms with E-state index in [1.807, 2.05) is 6.92 Å². The number of rotatable bonds is 5. The van der Waals surface area contributed by atoms with Gasteiger partial charge in [0.2, 0.25) is 0 Å². The molecule has 0 fully saturated rings. The Bertz CT molecular complexity index is 187. The van der Waals surface area contributed by atoms with E-state index in [9.17, 15) is 9.59 Å². The van der Waals surface area contributed by atoms with Gasteiger partial charge in [0.1, 0.15) is 0 Å². The summed E-state index contributed by atoms with van der Waals surface area (Å²) in [7, 11) is 0. The van der Waals surface area contributed by atoms with Crippen molar-refractivity contribution in [3.63, 3.8) is 0 Å². The van der Waals surface area contributed by atoms with Crippen molar-refractivity contribution in [2.45, 2.75) is 19.2 Å². The van der Waals surface area contributed by atoms with Gasteiger partial charge in [-0.25, -0.2) is 4.79 Å². The van der Waals surface area contributed by atoms with Crippen LogP contribution in [0.5, 0.6) is 0 Å². The summed E-state index contributed by atoms with van der Waals surface area (Å²) >= 11 is 1.17. The van der Waals surface area contributed by atoms with E-state index in [1.54, 1.807) is 6.92 Å². The highest BCUT2D eigenvalue weighted by Crippen LogP contribution is 2.05. The van der Waals surface area contributed by atoms with Crippen LogP contribution in [0.1, 0.15) is 13.8 Å². The Labute approximate surface area is 81.3 Å². The Morgan fingerprint density at radius 2 is 2.15 bits per heavy atom. The van der Waals surface area contributed by atoms with Gasteiger partial charge in [-0.1, -0.05) is 0 Å². The summed E-state index contributed by atoms with van der Waals surface area (Å²) in [5.41, 5.74) is 0. The minimum absolute atomic E-state index is 0.00638. The number of carbonyl (C=O) groups is 2. The van der Waals surface area contributed by atoms with Gasteiger partial charge in [0.05, 0.1) is 11.1 Å². The number of aliphatic carboxylic acids is 1. The summed E-state index contributed by atoms with van der Waals surface area (Å²) in [6.07, 6.45) is 0. The highest BCUT2D eigenvalue weighted by Gasteiger charge is 2.07. The molecule has 0 radical (unpaired) electrons. The highest BCUT2D eigenvalue weighted by molar-refractivity contribution is 8.00. The first kappa shape index (κ1) is 12.1. The lowest BCUT2D eigenvalue weighted by molar-refractivity contribution is -0.133. The summed E-state index contributed by atoms with van der Waals surface area (Å²) in [4.78, 5) is 21.1. The van der Waals surface area contributed by atoms with Crippen molar-refractivity contribution in [2.75, 3.05) is 12.3 Å². The average Bonchev–Trinajstić information content (AvgIpc) is 2.01. The molecule has 1 atom stereocenters. The van der Waals surface area contributed by atoms with Crippen LogP contribution < -0.4 is 10.6 Å². The van der Waals surface area contributed by atoms with E-state index in [2.05, 4.69) is 10.6 Å². The van der Waals surface area contributed by atoms with Crippen LogP contribution in [0, 0.1) is 0 Å². The SMILES string of the molecule is CCNC(=O)NC(C)SCC(=O)O. The molecule has 76 valence electrons. The molecule has 2 amide bonds. The van der Waals surface area contributed by atoms with Crippen molar-refractivity contribution < 1.29 is 14.7 Å². The molecule has 0 aliphatic rings. The second-order valence-corrected chi connectivity index (χ2v) is 3.68. The lowest BCUT2D eigenvalue weighted by Crippen LogP contribution is -2.39. The van der Waals surface area contributed by atoms with Crippen molar-refractivity contribution in [1.29, 1.82) is 0 Å². The van der Waals surface area contributed by atoms with Crippen LogP contribution in [0.25, 0.3) is 0 Å². The summed E-state index contributed by atoms with van der Waals surface area (Å²) in [6.45, 7) is 4.11. The molecule has 13 heavy (non-hydrogen) atoms. The molecule has 0 aromatic rings. The number of amides is 2. The fourth-order valence-electron chi connectivity index (χ4n) is 0.634. The smallest absolute Gasteiger partial charge is 0.315 e. The Kier molecular flexibility index (Phi) is 6.13. The zero-order chi connectivity index (χ0) is 10.3. The fourth-order valence-corrected chi connectivity index (χ4v) is 1.22. The van der Waals surface area contributed by atoms with Gasteiger partial charge >= 0.3 is 12.0 Å². The lowest BCUT2D eigenvalue weighted by atomic mass is 10.7. The molecule has 0 saturated heterocycles. The maximum Gasteiger partial charge on any atom is 0.315 e. The predicted octanol–water partition coefficient (Wildman–Crippen LogP) is 0.469. The normalized spacial score (nSPS) is 11.8. The van der Waals surface area contributed by atoms with Crippen LogP contribution in [-0.2, 0) is 4.79 Å². The molecule has 0 aliphatic carbocycles. The summed E-state index contributed by atoms with van der Waals surface area (Å²) in [5.74, 6) is -0.886. The Balaban J connectivity index is 3.55. The quantitative estimate of drug-likeness (QED) is 0.571. The van der Waals surface area contributed by atoms with Crippen LogP contribution in [0.15, 0.2) is 0 Å². The van der Waals surface area contributed by atoms with Gasteiger partial charge in [0.25, 0.3) is 0 Å². The van der Waals surface area contributed by atoms with Gasteiger partial charge in [0.15, 0.2) is 0 Å². The van der Waals surface area contributed by atoms with Crippen molar-refractivity contribution in [3.8, 4) is 0 Å². The molecule has 0 aromatic heterocycles. The predicted molar refractivity (Wildman–Crippen MR) is 51.8 cm³/mol. The van der Waals surface area contributed by atoms with E-state index in [0.717, 1.165) is 0 Å². The molecule has 1 unspecified atom stereocenters. The van der Waals surface area contributed by atoms with E-state index in [0.29, 0.717) is 6.54 Å². The number of carboxylic acids is 1. The number of nitrogens with one attached hydrogen (secondary N) is 2. The standard InChI is InChI=1S/C7H14N2O3S/c1-3-8-7(12)9-5(2)13-4-6(10)11/h5H,3-4H2,1-2H3,(H,10,11)(H2,8,9,12). The molecule has 0 aliphatic heterocycles. The number of hydrogen-bond acceptors (Lipinski definition) is 3. The van der Waals surface area contributed by atoms with Crippen LogP contribution in [0.3, 0.4) is 0 Å². The largest absolute Gasteiger partial charge is 0.481 e. The summed E-state index contributed by atoms with van der Waals surface area (Å²) in [6, 6.07) is -0.270. The van der Waals surface area contributed by atoms with Gasteiger partial charge in [-0.15, -0.1) is 11.8 Å². The van der Waals surface area contributed by atoms with Gasteiger partial charge < -0.3 is 15.7 Å². The van der Waals surface area contributed by atoms with Crippen LogP contribution >= 0.6 is 11.8 Å². The molecule has 0 aromatic carbocycles. The third kappa shape index (κ3) is 7.45. The molecular formula is C7H14N2O3S. The van der Waals surface area contributed by atoms with Crippen molar-refractivity contribution >= 4 is 23.8 Å². The molecule has 0 rings (SSSR count). The van der Waals surface area contributed by atoms with Gasteiger partial charge in [-0.05, 0) is 13.8 Å². The van der Waals surface area contributed by atoms with Crippen molar-refractivity contribution in [1.82, 2.24) is 10.6 Å². The first-order valence-corrected chi connectivity index (χ1v) is 4.99. The second kappa shape index (κ2) is 6.59. The third-order valence-corrected chi connectivity index (χ3v) is 2.16. The molecule has 0 bridgehead atoms. The minimum atomic E-state index is -0.880. The monoisotopic (exact) mass is 206 g/mol. The van der Waals surface area contributed by atoms with E-state index in [1.165, 1.54) is 11.8 Å².